The molecule has 0 saturated heterocycles. The van der Waals surface area contributed by atoms with E-state index in [2.05, 4.69) is 10.1 Å². The predicted molar refractivity (Wildman–Crippen MR) is 86.9 cm³/mol. The number of hydrogen-bond acceptors (Lipinski definition) is 3. The van der Waals surface area contributed by atoms with Gasteiger partial charge in [0.15, 0.2) is 0 Å². The van der Waals surface area contributed by atoms with Crippen molar-refractivity contribution < 1.29 is 5.21 Å². The number of nitrogens with zero attached hydrogens (tertiary/aromatic N) is 2. The molecule has 108 valence electrons. The molecular weight excluding hydrogens is 307 g/mol. The maximum atomic E-state index is 9.13. The van der Waals surface area contributed by atoms with Crippen molar-refractivity contribution in [3.05, 3.63) is 63.6 Å². The Morgan fingerprint density at radius 1 is 1.10 bits per heavy atom. The minimum Gasteiger partial charge on any atom is -0.411 e. The monoisotopic (exact) mass is 320 g/mol. The van der Waals surface area contributed by atoms with Crippen molar-refractivity contribution in [3.8, 4) is 0 Å². The number of oxime groups is 1. The van der Waals surface area contributed by atoms with Crippen molar-refractivity contribution in [2.45, 2.75) is 13.0 Å². The lowest BCUT2D eigenvalue weighted by atomic mass is 9.99. The molecular formula is C16H14Cl2N2O. The molecule has 0 saturated carbocycles. The molecule has 0 aliphatic carbocycles. The van der Waals surface area contributed by atoms with Gasteiger partial charge in [0.2, 0.25) is 0 Å². The molecule has 0 unspecified atom stereocenters. The van der Waals surface area contributed by atoms with Gasteiger partial charge in [-0.15, -0.1) is 0 Å². The molecule has 0 atom stereocenters. The Bertz CT molecular complexity index is 700. The summed E-state index contributed by atoms with van der Waals surface area (Å²) in [6, 6.07) is 13.6. The second-order valence-corrected chi connectivity index (χ2v) is 5.73. The van der Waals surface area contributed by atoms with Gasteiger partial charge in [-0.05, 0) is 17.7 Å². The molecule has 1 heterocycles. The van der Waals surface area contributed by atoms with E-state index >= 15 is 0 Å². The van der Waals surface area contributed by atoms with Gasteiger partial charge in [0.05, 0.1) is 15.8 Å². The summed E-state index contributed by atoms with van der Waals surface area (Å²) >= 11 is 12.3. The van der Waals surface area contributed by atoms with E-state index in [1.54, 1.807) is 6.07 Å². The lowest BCUT2D eigenvalue weighted by molar-refractivity contribution is 0.317. The number of rotatable bonds is 2. The number of benzene rings is 2. The molecule has 1 aliphatic rings. The second-order valence-electron chi connectivity index (χ2n) is 4.95. The zero-order valence-electron chi connectivity index (χ0n) is 11.3. The van der Waals surface area contributed by atoms with E-state index in [0.717, 1.165) is 29.1 Å². The van der Waals surface area contributed by atoms with E-state index in [-0.39, 0.29) is 0 Å². The Morgan fingerprint density at radius 2 is 1.90 bits per heavy atom. The highest BCUT2D eigenvalue weighted by atomic mass is 35.5. The zero-order valence-corrected chi connectivity index (χ0v) is 12.8. The summed E-state index contributed by atoms with van der Waals surface area (Å²) in [7, 11) is 0. The molecule has 0 fully saturated rings. The van der Waals surface area contributed by atoms with Crippen molar-refractivity contribution in [3.63, 3.8) is 0 Å². The van der Waals surface area contributed by atoms with Gasteiger partial charge < -0.3 is 10.1 Å². The van der Waals surface area contributed by atoms with Crippen LogP contribution in [0.2, 0.25) is 10.0 Å². The van der Waals surface area contributed by atoms with Crippen LogP contribution in [-0.4, -0.2) is 17.5 Å². The second kappa shape index (κ2) is 5.96. The van der Waals surface area contributed by atoms with Gasteiger partial charge in [-0.3, -0.25) is 0 Å². The largest absolute Gasteiger partial charge is 0.411 e. The van der Waals surface area contributed by atoms with E-state index < -0.39 is 0 Å². The third-order valence-electron chi connectivity index (χ3n) is 3.69. The Hall–Kier alpha value is -1.71. The van der Waals surface area contributed by atoms with Crippen LogP contribution in [0.1, 0.15) is 17.5 Å². The third-order valence-corrected chi connectivity index (χ3v) is 4.55. The van der Waals surface area contributed by atoms with Crippen LogP contribution in [0.25, 0.3) is 0 Å². The molecule has 21 heavy (non-hydrogen) atoms. The summed E-state index contributed by atoms with van der Waals surface area (Å²) in [5, 5.41) is 13.7. The topological polar surface area (TPSA) is 35.8 Å². The zero-order chi connectivity index (χ0) is 14.8. The van der Waals surface area contributed by atoms with Gasteiger partial charge in [-0.25, -0.2) is 0 Å². The molecule has 0 amide bonds. The van der Waals surface area contributed by atoms with Gasteiger partial charge in [0, 0.05) is 30.8 Å². The molecule has 1 N–H and O–H groups in total. The van der Waals surface area contributed by atoms with E-state index in [1.807, 2.05) is 36.4 Å². The molecule has 2 aromatic carbocycles. The number of para-hydroxylation sites is 1. The van der Waals surface area contributed by atoms with Crippen LogP contribution in [0.5, 0.6) is 0 Å². The normalized spacial score (nSPS) is 16.1. The fourth-order valence-electron chi connectivity index (χ4n) is 2.63. The Kier molecular flexibility index (Phi) is 4.04. The molecule has 0 radical (unpaired) electrons. The number of fused-ring (bicyclic) bond motifs is 1. The van der Waals surface area contributed by atoms with Gasteiger partial charge in [0.25, 0.3) is 0 Å². The van der Waals surface area contributed by atoms with Gasteiger partial charge in [0.1, 0.15) is 0 Å². The van der Waals surface area contributed by atoms with E-state index in [9.17, 15) is 0 Å². The van der Waals surface area contributed by atoms with Gasteiger partial charge in [-0.2, -0.15) is 0 Å². The van der Waals surface area contributed by atoms with Crippen molar-refractivity contribution >= 4 is 34.6 Å². The van der Waals surface area contributed by atoms with Crippen molar-refractivity contribution in [1.29, 1.82) is 0 Å². The molecule has 3 nitrogen and oxygen atoms in total. The fourth-order valence-corrected chi connectivity index (χ4v) is 3.01. The Balaban J connectivity index is 1.96. The smallest absolute Gasteiger partial charge is 0.0906 e. The van der Waals surface area contributed by atoms with Crippen molar-refractivity contribution in [2.24, 2.45) is 5.16 Å². The van der Waals surface area contributed by atoms with Crippen LogP contribution in [-0.2, 0) is 6.54 Å². The predicted octanol–water partition coefficient (Wildman–Crippen LogP) is 4.58. The average molecular weight is 321 g/mol. The minimum atomic E-state index is 0.567. The quantitative estimate of drug-likeness (QED) is 0.649. The first-order chi connectivity index (χ1) is 10.2. The summed E-state index contributed by atoms with van der Waals surface area (Å²) in [6.07, 6.45) is 0.700. The van der Waals surface area contributed by atoms with Crippen LogP contribution in [0, 0.1) is 0 Å². The van der Waals surface area contributed by atoms with Crippen molar-refractivity contribution in [2.75, 3.05) is 11.4 Å². The molecule has 0 bridgehead atoms. The van der Waals surface area contributed by atoms with Gasteiger partial charge >= 0.3 is 0 Å². The lowest BCUT2D eigenvalue weighted by Crippen LogP contribution is -2.32. The average Bonchev–Trinajstić information content (AvgIpc) is 2.52. The standard InChI is InChI=1S/C16H14Cl2N2O/c17-13-6-3-4-11(16(13)18)10-20-9-8-14(19-21)12-5-1-2-7-15(12)20/h1-7,21H,8-10H2/b19-14-. The first kappa shape index (κ1) is 14.2. The number of anilines is 1. The molecule has 3 rings (SSSR count). The van der Waals surface area contributed by atoms with Crippen LogP contribution in [0.15, 0.2) is 47.6 Å². The summed E-state index contributed by atoms with van der Waals surface area (Å²) < 4.78 is 0. The highest BCUT2D eigenvalue weighted by molar-refractivity contribution is 6.42. The van der Waals surface area contributed by atoms with E-state index in [4.69, 9.17) is 28.4 Å². The summed E-state index contributed by atoms with van der Waals surface area (Å²) in [5.74, 6) is 0. The van der Waals surface area contributed by atoms with E-state index in [0.29, 0.717) is 23.0 Å². The highest BCUT2D eigenvalue weighted by Crippen LogP contribution is 2.32. The molecule has 5 heteroatoms. The van der Waals surface area contributed by atoms with Crippen LogP contribution in [0.4, 0.5) is 5.69 Å². The fraction of sp³-hybridized carbons (Fsp3) is 0.188. The molecule has 0 spiro atoms. The Labute approximate surface area is 133 Å². The molecule has 2 aromatic rings. The molecule has 0 aromatic heterocycles. The SMILES string of the molecule is O/N=C1/CCN(Cc2cccc(Cl)c2Cl)c2ccccc21. The third kappa shape index (κ3) is 2.71. The Morgan fingerprint density at radius 3 is 2.71 bits per heavy atom. The van der Waals surface area contributed by atoms with Crippen LogP contribution >= 0.6 is 23.2 Å². The number of hydrogen-bond donors (Lipinski definition) is 1. The number of halogens is 2. The molecule has 1 aliphatic heterocycles. The summed E-state index contributed by atoms with van der Waals surface area (Å²) in [6.45, 7) is 1.45. The van der Waals surface area contributed by atoms with Crippen LogP contribution in [0.3, 0.4) is 0 Å². The van der Waals surface area contributed by atoms with E-state index in [1.165, 1.54) is 0 Å². The maximum absolute atomic E-state index is 9.13. The first-order valence-corrected chi connectivity index (χ1v) is 7.44. The van der Waals surface area contributed by atoms with Gasteiger partial charge in [-0.1, -0.05) is 58.7 Å². The minimum absolute atomic E-state index is 0.567. The lowest BCUT2D eigenvalue weighted by Gasteiger charge is -2.31. The van der Waals surface area contributed by atoms with Crippen molar-refractivity contribution in [1.82, 2.24) is 0 Å². The highest BCUT2D eigenvalue weighted by Gasteiger charge is 2.22. The maximum Gasteiger partial charge on any atom is 0.0906 e. The summed E-state index contributed by atoms with van der Waals surface area (Å²) in [5.41, 5.74) is 3.72. The summed E-state index contributed by atoms with van der Waals surface area (Å²) in [4.78, 5) is 2.22. The first-order valence-electron chi connectivity index (χ1n) is 6.69. The van der Waals surface area contributed by atoms with Crippen LogP contribution < -0.4 is 4.90 Å².